The molecule has 2 atom stereocenters. The van der Waals surface area contributed by atoms with Gasteiger partial charge in [0.1, 0.15) is 5.82 Å². The Bertz CT molecular complexity index is 1190. The molecule has 1 fully saturated rings. The molecule has 166 valence electrons. The van der Waals surface area contributed by atoms with Crippen molar-refractivity contribution in [3.63, 3.8) is 0 Å². The highest BCUT2D eigenvalue weighted by Gasteiger charge is 2.29. The van der Waals surface area contributed by atoms with E-state index in [1.165, 1.54) is 16.7 Å². The van der Waals surface area contributed by atoms with E-state index in [-0.39, 0.29) is 5.92 Å². The molecule has 1 N–H and O–H groups in total. The van der Waals surface area contributed by atoms with Crippen LogP contribution in [0.1, 0.15) is 80.3 Å². The maximum atomic E-state index is 5.75. The maximum absolute atomic E-state index is 5.75. The molecule has 2 aromatic heterocycles. The van der Waals surface area contributed by atoms with E-state index < -0.39 is 0 Å². The van der Waals surface area contributed by atoms with Crippen molar-refractivity contribution in [2.75, 3.05) is 18.5 Å². The van der Waals surface area contributed by atoms with Gasteiger partial charge in [-0.3, -0.25) is 0 Å². The van der Waals surface area contributed by atoms with Gasteiger partial charge in [-0.2, -0.15) is 14.6 Å². The van der Waals surface area contributed by atoms with Crippen LogP contribution in [0.5, 0.6) is 0 Å². The Hall–Kier alpha value is -2.73. The molecule has 0 radical (unpaired) electrons. The second-order valence-corrected chi connectivity index (χ2v) is 9.81. The summed E-state index contributed by atoms with van der Waals surface area (Å²) in [5, 5.41) is 8.45. The van der Waals surface area contributed by atoms with Crippen molar-refractivity contribution in [1.82, 2.24) is 19.6 Å². The quantitative estimate of drug-likeness (QED) is 0.624. The SMILES string of the molecule is CC(C)c1cnn2c(N[C@@H]3CCC4=C(C3)c3ccccc3C4)nc(C3CCCOC3)nc12. The predicted molar refractivity (Wildman–Crippen MR) is 126 cm³/mol. The first-order valence-electron chi connectivity index (χ1n) is 12.1. The number of hydrogen-bond donors (Lipinski definition) is 1. The zero-order valence-corrected chi connectivity index (χ0v) is 19.0. The lowest BCUT2D eigenvalue weighted by atomic mass is 9.88. The predicted octanol–water partition coefficient (Wildman–Crippen LogP) is 5.12. The molecule has 1 aromatic carbocycles. The van der Waals surface area contributed by atoms with Gasteiger partial charge < -0.3 is 10.1 Å². The standard InChI is InChI=1S/C26H31N5O/c1-16(2)23-14-27-31-25(23)29-24(19-7-5-11-32-15-19)30-26(31)28-20-10-9-18-12-17-6-3-4-8-21(17)22(18)13-20/h3-4,6,8,14,16,19-20H,5,7,9-13,15H2,1-2H3,(H,28,29,30)/t19?,20-/m1/s1. The highest BCUT2D eigenvalue weighted by Crippen LogP contribution is 2.42. The molecule has 6 heteroatoms. The van der Waals surface area contributed by atoms with Gasteiger partial charge in [-0.1, -0.05) is 43.7 Å². The van der Waals surface area contributed by atoms with Crippen LogP contribution in [-0.2, 0) is 11.2 Å². The van der Waals surface area contributed by atoms with Crippen LogP contribution in [0.3, 0.4) is 0 Å². The number of fused-ring (bicyclic) bond motifs is 3. The minimum atomic E-state index is 0.256. The number of ether oxygens (including phenoxy) is 1. The molecule has 0 bridgehead atoms. The minimum absolute atomic E-state index is 0.256. The van der Waals surface area contributed by atoms with E-state index in [1.807, 2.05) is 10.7 Å². The summed E-state index contributed by atoms with van der Waals surface area (Å²) in [5.41, 5.74) is 8.20. The summed E-state index contributed by atoms with van der Waals surface area (Å²) in [5.74, 6) is 2.33. The van der Waals surface area contributed by atoms with E-state index in [9.17, 15) is 0 Å². The first-order chi connectivity index (χ1) is 15.7. The molecule has 3 heterocycles. The van der Waals surface area contributed by atoms with Gasteiger partial charge in [0, 0.05) is 24.1 Å². The van der Waals surface area contributed by atoms with Crippen LogP contribution >= 0.6 is 0 Å². The average Bonchev–Trinajstić information content (AvgIpc) is 3.41. The first-order valence-corrected chi connectivity index (χ1v) is 12.1. The summed E-state index contributed by atoms with van der Waals surface area (Å²) >= 11 is 0. The number of nitrogens with one attached hydrogen (secondary N) is 1. The maximum Gasteiger partial charge on any atom is 0.227 e. The molecule has 6 rings (SSSR count). The third-order valence-corrected chi connectivity index (χ3v) is 7.31. The smallest absolute Gasteiger partial charge is 0.227 e. The van der Waals surface area contributed by atoms with Crippen molar-refractivity contribution >= 4 is 17.2 Å². The number of anilines is 1. The van der Waals surface area contributed by atoms with Gasteiger partial charge in [0.2, 0.25) is 5.95 Å². The molecule has 0 saturated carbocycles. The molecule has 0 amide bonds. The highest BCUT2D eigenvalue weighted by molar-refractivity contribution is 5.77. The molecule has 6 nitrogen and oxygen atoms in total. The molecule has 32 heavy (non-hydrogen) atoms. The summed E-state index contributed by atoms with van der Waals surface area (Å²) in [6.45, 7) is 5.94. The van der Waals surface area contributed by atoms with Gasteiger partial charge in [-0.15, -0.1) is 0 Å². The molecular weight excluding hydrogens is 398 g/mol. The van der Waals surface area contributed by atoms with Crippen LogP contribution < -0.4 is 5.32 Å². The summed E-state index contributed by atoms with van der Waals surface area (Å²) in [6.07, 6.45) is 8.54. The monoisotopic (exact) mass is 429 g/mol. The molecule has 1 saturated heterocycles. The first kappa shape index (κ1) is 19.9. The second-order valence-electron chi connectivity index (χ2n) is 9.81. The van der Waals surface area contributed by atoms with Crippen LogP contribution in [0.15, 0.2) is 36.0 Å². The molecule has 3 aliphatic rings. The third kappa shape index (κ3) is 3.41. The summed E-state index contributed by atoms with van der Waals surface area (Å²) in [4.78, 5) is 9.98. The van der Waals surface area contributed by atoms with E-state index in [0.29, 0.717) is 18.6 Å². The van der Waals surface area contributed by atoms with Crippen LogP contribution in [0.2, 0.25) is 0 Å². The number of hydrogen-bond acceptors (Lipinski definition) is 5. The van der Waals surface area contributed by atoms with E-state index in [2.05, 4.69) is 48.5 Å². The van der Waals surface area contributed by atoms with Gasteiger partial charge in [0.25, 0.3) is 0 Å². The third-order valence-electron chi connectivity index (χ3n) is 7.31. The number of nitrogens with zero attached hydrogens (tertiary/aromatic N) is 4. The van der Waals surface area contributed by atoms with E-state index in [4.69, 9.17) is 14.7 Å². The Kier molecular flexibility index (Phi) is 4.98. The Morgan fingerprint density at radius 3 is 2.91 bits per heavy atom. The van der Waals surface area contributed by atoms with Crippen molar-refractivity contribution in [2.24, 2.45) is 0 Å². The van der Waals surface area contributed by atoms with Crippen molar-refractivity contribution in [3.05, 3.63) is 58.6 Å². The lowest BCUT2D eigenvalue weighted by Crippen LogP contribution is -2.27. The Balaban J connectivity index is 1.34. The Labute approximate surface area is 189 Å². The van der Waals surface area contributed by atoms with Gasteiger partial charge in [0.05, 0.1) is 12.8 Å². The van der Waals surface area contributed by atoms with Gasteiger partial charge in [0.15, 0.2) is 5.65 Å². The molecule has 1 aliphatic heterocycles. The van der Waals surface area contributed by atoms with Gasteiger partial charge in [-0.25, -0.2) is 4.98 Å². The van der Waals surface area contributed by atoms with Gasteiger partial charge >= 0.3 is 0 Å². The van der Waals surface area contributed by atoms with E-state index in [0.717, 1.165) is 62.6 Å². The Morgan fingerprint density at radius 1 is 1.16 bits per heavy atom. The molecular formula is C26H31N5O. The average molecular weight is 430 g/mol. The van der Waals surface area contributed by atoms with Crippen LogP contribution in [-0.4, -0.2) is 38.8 Å². The molecule has 1 unspecified atom stereocenters. The van der Waals surface area contributed by atoms with Crippen LogP contribution in [0.4, 0.5) is 5.95 Å². The topological polar surface area (TPSA) is 64.3 Å². The zero-order chi connectivity index (χ0) is 21.7. The van der Waals surface area contributed by atoms with Crippen LogP contribution in [0, 0.1) is 0 Å². The minimum Gasteiger partial charge on any atom is -0.381 e. The lowest BCUT2D eigenvalue weighted by Gasteiger charge is -2.27. The van der Waals surface area contributed by atoms with Gasteiger partial charge in [-0.05, 0) is 61.1 Å². The summed E-state index contributed by atoms with van der Waals surface area (Å²) in [6, 6.07) is 9.23. The zero-order valence-electron chi connectivity index (χ0n) is 19.0. The summed E-state index contributed by atoms with van der Waals surface area (Å²) in [7, 11) is 0. The highest BCUT2D eigenvalue weighted by atomic mass is 16.5. The number of aromatic nitrogens is 4. The van der Waals surface area contributed by atoms with E-state index >= 15 is 0 Å². The normalized spacial score (nSPS) is 23.0. The van der Waals surface area contributed by atoms with Crippen molar-refractivity contribution in [2.45, 2.75) is 70.3 Å². The van der Waals surface area contributed by atoms with E-state index in [1.54, 1.807) is 11.1 Å². The number of allylic oxidation sites excluding steroid dienone is 1. The molecule has 0 spiro atoms. The van der Waals surface area contributed by atoms with Crippen molar-refractivity contribution in [1.29, 1.82) is 0 Å². The largest absolute Gasteiger partial charge is 0.381 e. The van der Waals surface area contributed by atoms with Crippen molar-refractivity contribution < 1.29 is 4.74 Å². The fraction of sp³-hybridized carbons (Fsp3) is 0.500. The summed E-state index contributed by atoms with van der Waals surface area (Å²) < 4.78 is 7.66. The molecule has 2 aliphatic carbocycles. The fourth-order valence-corrected chi connectivity index (χ4v) is 5.53. The fourth-order valence-electron chi connectivity index (χ4n) is 5.53. The number of rotatable bonds is 4. The Morgan fingerprint density at radius 2 is 2.06 bits per heavy atom. The molecule has 3 aromatic rings. The van der Waals surface area contributed by atoms with Crippen LogP contribution in [0.25, 0.3) is 11.2 Å². The van der Waals surface area contributed by atoms with Crippen molar-refractivity contribution in [3.8, 4) is 0 Å². The second kappa shape index (κ2) is 8.00. The lowest BCUT2D eigenvalue weighted by molar-refractivity contribution is 0.0781. The number of benzene rings is 1.